The first-order valence-electron chi connectivity index (χ1n) is 8.13. The lowest BCUT2D eigenvalue weighted by atomic mass is 10.0. The predicted molar refractivity (Wildman–Crippen MR) is 121 cm³/mol. The third-order valence-corrected chi connectivity index (χ3v) is 4.81. The van der Waals surface area contributed by atoms with Crippen LogP contribution in [0.15, 0.2) is 52.1 Å². The average molecular weight is 567 g/mol. The molecule has 0 radical (unpaired) electrons. The Morgan fingerprint density at radius 1 is 1.14 bits per heavy atom. The van der Waals surface area contributed by atoms with Crippen molar-refractivity contribution in [3.8, 4) is 11.5 Å². The molecule has 9 heteroatoms. The minimum atomic E-state index is -1.10. The van der Waals surface area contributed by atoms with Gasteiger partial charge in [0, 0.05) is 12.1 Å². The Kier molecular flexibility index (Phi) is 9.36. The highest BCUT2D eigenvalue weighted by Gasteiger charge is 2.16. The van der Waals surface area contributed by atoms with Crippen molar-refractivity contribution in [3.63, 3.8) is 0 Å². The molecule has 2 aromatic rings. The zero-order chi connectivity index (χ0) is 21.4. The van der Waals surface area contributed by atoms with E-state index in [2.05, 4.69) is 31.9 Å². The van der Waals surface area contributed by atoms with Crippen LogP contribution in [0.5, 0.6) is 11.5 Å². The number of methoxy groups -OCH3 is 1. The Labute approximate surface area is 195 Å². The molecule has 29 heavy (non-hydrogen) atoms. The molecule has 2 rings (SSSR count). The number of hydrogen-bond donors (Lipinski definition) is 1. The fraction of sp³-hybridized carbons (Fsp3) is 0.150. The summed E-state index contributed by atoms with van der Waals surface area (Å²) in [7, 11) is 1.39. The van der Waals surface area contributed by atoms with E-state index < -0.39 is 5.97 Å². The molecule has 5 nitrogen and oxygen atoms in total. The molecule has 0 spiro atoms. The lowest BCUT2D eigenvalue weighted by molar-refractivity contribution is -0.130. The molecule has 0 bridgehead atoms. The van der Waals surface area contributed by atoms with Gasteiger partial charge in [0.05, 0.1) is 26.8 Å². The van der Waals surface area contributed by atoms with Gasteiger partial charge in [0.1, 0.15) is 24.5 Å². The number of rotatable bonds is 9. The van der Waals surface area contributed by atoms with Crippen molar-refractivity contribution in [2.24, 2.45) is 0 Å². The van der Waals surface area contributed by atoms with E-state index in [0.29, 0.717) is 32.7 Å². The molecule has 0 atom stereocenters. The summed E-state index contributed by atoms with van der Waals surface area (Å²) in [6.45, 7) is 0.374. The molecule has 0 aromatic heterocycles. The van der Waals surface area contributed by atoms with Gasteiger partial charge in [-0.1, -0.05) is 47.5 Å². The van der Waals surface area contributed by atoms with Crippen molar-refractivity contribution >= 4 is 66.6 Å². The summed E-state index contributed by atoms with van der Waals surface area (Å²) in [6.07, 6.45) is 2.93. The molecular formula is C20H16Br2Cl2O5. The number of carbonyl (C=O) groups is 1. The maximum atomic E-state index is 11.5. The van der Waals surface area contributed by atoms with Crippen LogP contribution in [0.2, 0.25) is 10.0 Å². The normalized spacial score (nSPS) is 11.0. The molecule has 154 valence electrons. The van der Waals surface area contributed by atoms with E-state index >= 15 is 0 Å². The van der Waals surface area contributed by atoms with Gasteiger partial charge in [-0.05, 0) is 49.1 Å². The Balaban J connectivity index is 2.20. The number of carboxylic acids is 1. The fourth-order valence-corrected chi connectivity index (χ4v) is 3.20. The van der Waals surface area contributed by atoms with E-state index in [1.165, 1.54) is 13.4 Å². The number of ether oxygens (including phenoxy) is 3. The van der Waals surface area contributed by atoms with Gasteiger partial charge in [-0.2, -0.15) is 0 Å². The van der Waals surface area contributed by atoms with Crippen molar-refractivity contribution in [3.05, 3.63) is 73.3 Å². The summed E-state index contributed by atoms with van der Waals surface area (Å²) in [5.74, 6) is -0.335. The van der Waals surface area contributed by atoms with Crippen LogP contribution in [0, 0.1) is 0 Å². The molecule has 0 aliphatic rings. The van der Waals surface area contributed by atoms with Gasteiger partial charge >= 0.3 is 5.97 Å². The van der Waals surface area contributed by atoms with Crippen LogP contribution >= 0.6 is 55.1 Å². The molecule has 0 saturated carbocycles. The van der Waals surface area contributed by atoms with E-state index in [9.17, 15) is 9.90 Å². The standard InChI is InChI=1S/C20H16Br2Cl2O5/c1-27-11-15(20(25)26)14-5-3-2-4-12(14)10-29-13-8-16(23)19(17(24)9-13)28-7-6-18(21)22/h2-6,8-9,11H,7,10H2,1H3,(H,25,26). The quantitative estimate of drug-likeness (QED) is 0.272. The topological polar surface area (TPSA) is 65.0 Å². The van der Waals surface area contributed by atoms with Crippen LogP contribution in [0.1, 0.15) is 11.1 Å². The summed E-state index contributed by atoms with van der Waals surface area (Å²) < 4.78 is 17.0. The first-order valence-corrected chi connectivity index (χ1v) is 10.5. The third-order valence-electron chi connectivity index (χ3n) is 3.61. The summed E-state index contributed by atoms with van der Waals surface area (Å²) in [4.78, 5) is 11.5. The van der Waals surface area contributed by atoms with Crippen LogP contribution < -0.4 is 9.47 Å². The minimum absolute atomic E-state index is 0.0255. The van der Waals surface area contributed by atoms with Crippen molar-refractivity contribution in [1.82, 2.24) is 0 Å². The van der Waals surface area contributed by atoms with Crippen molar-refractivity contribution in [1.29, 1.82) is 0 Å². The summed E-state index contributed by atoms with van der Waals surface area (Å²) >= 11 is 19.0. The van der Waals surface area contributed by atoms with Gasteiger partial charge in [-0.15, -0.1) is 0 Å². The molecule has 0 fully saturated rings. The van der Waals surface area contributed by atoms with Crippen LogP contribution in [-0.4, -0.2) is 24.8 Å². The highest BCUT2D eigenvalue weighted by Crippen LogP contribution is 2.37. The second kappa shape index (κ2) is 11.5. The molecule has 0 heterocycles. The number of hydrogen-bond acceptors (Lipinski definition) is 4. The minimum Gasteiger partial charge on any atom is -0.503 e. The van der Waals surface area contributed by atoms with Crippen LogP contribution in [-0.2, 0) is 16.1 Å². The van der Waals surface area contributed by atoms with Gasteiger partial charge in [-0.3, -0.25) is 0 Å². The molecular weight excluding hydrogens is 551 g/mol. The second-order valence-electron chi connectivity index (χ2n) is 5.54. The average Bonchev–Trinajstić information content (AvgIpc) is 2.66. The summed E-state index contributed by atoms with van der Waals surface area (Å²) in [6, 6.07) is 10.2. The van der Waals surface area contributed by atoms with E-state index in [1.54, 1.807) is 42.5 Å². The Morgan fingerprint density at radius 2 is 1.79 bits per heavy atom. The number of halogens is 4. The maximum Gasteiger partial charge on any atom is 0.339 e. The fourth-order valence-electron chi connectivity index (χ4n) is 2.36. The van der Waals surface area contributed by atoms with Crippen molar-refractivity contribution in [2.45, 2.75) is 6.61 Å². The largest absolute Gasteiger partial charge is 0.503 e. The molecule has 0 unspecified atom stereocenters. The summed E-state index contributed by atoms with van der Waals surface area (Å²) in [5, 5.41) is 10.0. The number of carboxylic acid groups (broad SMARTS) is 1. The molecule has 1 N–H and O–H groups in total. The van der Waals surface area contributed by atoms with Crippen LogP contribution in [0.4, 0.5) is 0 Å². The Bertz CT molecular complexity index is 917. The molecule has 0 aliphatic carbocycles. The number of aliphatic carboxylic acids is 1. The summed E-state index contributed by atoms with van der Waals surface area (Å²) in [5.41, 5.74) is 1.18. The van der Waals surface area contributed by atoms with Gasteiger partial charge in [0.25, 0.3) is 0 Å². The highest BCUT2D eigenvalue weighted by atomic mass is 79.9. The highest BCUT2D eigenvalue weighted by molar-refractivity contribution is 9.28. The van der Waals surface area contributed by atoms with E-state index in [-0.39, 0.29) is 18.8 Å². The third kappa shape index (κ3) is 6.96. The van der Waals surface area contributed by atoms with Crippen LogP contribution in [0.3, 0.4) is 0 Å². The van der Waals surface area contributed by atoms with Gasteiger partial charge in [0.15, 0.2) is 5.75 Å². The van der Waals surface area contributed by atoms with E-state index in [0.717, 1.165) is 3.39 Å². The van der Waals surface area contributed by atoms with Gasteiger partial charge < -0.3 is 19.3 Å². The Hall–Kier alpha value is -1.67. The van der Waals surface area contributed by atoms with Gasteiger partial charge in [0.2, 0.25) is 0 Å². The Morgan fingerprint density at radius 3 is 2.38 bits per heavy atom. The monoisotopic (exact) mass is 564 g/mol. The van der Waals surface area contributed by atoms with Crippen LogP contribution in [0.25, 0.3) is 5.57 Å². The van der Waals surface area contributed by atoms with Gasteiger partial charge in [-0.25, -0.2) is 4.79 Å². The predicted octanol–water partition coefficient (Wildman–Crippen LogP) is 6.65. The molecule has 0 amide bonds. The second-order valence-corrected chi connectivity index (χ2v) is 9.13. The SMILES string of the molecule is COC=C(C(=O)O)c1ccccc1COc1cc(Cl)c(OCC=C(Br)Br)c(Cl)c1. The first-order chi connectivity index (χ1) is 13.8. The smallest absolute Gasteiger partial charge is 0.339 e. The molecule has 2 aromatic carbocycles. The zero-order valence-corrected chi connectivity index (χ0v) is 19.8. The number of benzene rings is 2. The molecule has 0 saturated heterocycles. The lowest BCUT2D eigenvalue weighted by Gasteiger charge is -2.14. The lowest BCUT2D eigenvalue weighted by Crippen LogP contribution is -2.06. The maximum absolute atomic E-state index is 11.5. The molecule has 0 aliphatic heterocycles. The van der Waals surface area contributed by atoms with Crippen molar-refractivity contribution < 1.29 is 24.1 Å². The first kappa shape index (κ1) is 23.6. The van der Waals surface area contributed by atoms with Crippen molar-refractivity contribution in [2.75, 3.05) is 13.7 Å². The van der Waals surface area contributed by atoms with E-state index in [4.69, 9.17) is 37.4 Å². The van der Waals surface area contributed by atoms with E-state index in [1.807, 2.05) is 0 Å². The zero-order valence-electron chi connectivity index (χ0n) is 15.1.